The number of piperazine rings is 1. The Morgan fingerprint density at radius 3 is 2.48 bits per heavy atom. The number of carbonyl (C=O) groups excluding carboxylic acids is 1. The van der Waals surface area contributed by atoms with Crippen LogP contribution in [-0.2, 0) is 13.0 Å². The Morgan fingerprint density at radius 2 is 1.88 bits per heavy atom. The SMILES string of the molecule is CC.CCc1cc(CN2CCNCC2)c2oc(C(=O)N(C)C)cc2c1. The normalized spacial score (nSPS) is 14.9. The second-order valence-electron chi connectivity index (χ2n) is 6.36. The molecule has 2 heterocycles. The fourth-order valence-corrected chi connectivity index (χ4v) is 3.05. The molecule has 1 fully saturated rings. The number of aryl methyl sites for hydroxylation is 1. The maximum absolute atomic E-state index is 12.2. The van der Waals surface area contributed by atoms with Gasteiger partial charge in [0.25, 0.3) is 5.91 Å². The van der Waals surface area contributed by atoms with Gasteiger partial charge < -0.3 is 14.6 Å². The summed E-state index contributed by atoms with van der Waals surface area (Å²) in [6, 6.07) is 6.22. The molecule has 5 heteroatoms. The Hall–Kier alpha value is -1.85. The van der Waals surface area contributed by atoms with E-state index < -0.39 is 0 Å². The Balaban J connectivity index is 0.00000109. The first kappa shape index (κ1) is 19.5. The summed E-state index contributed by atoms with van der Waals surface area (Å²) in [5.41, 5.74) is 3.32. The van der Waals surface area contributed by atoms with Gasteiger partial charge in [0.2, 0.25) is 0 Å². The minimum absolute atomic E-state index is 0.0904. The number of carbonyl (C=O) groups is 1. The van der Waals surface area contributed by atoms with Crippen LogP contribution >= 0.6 is 0 Å². The van der Waals surface area contributed by atoms with Crippen molar-refractivity contribution < 1.29 is 9.21 Å². The summed E-state index contributed by atoms with van der Waals surface area (Å²) in [6.07, 6.45) is 0.979. The van der Waals surface area contributed by atoms with Crippen LogP contribution in [0.15, 0.2) is 22.6 Å². The van der Waals surface area contributed by atoms with E-state index in [1.165, 1.54) is 11.1 Å². The third-order valence-electron chi connectivity index (χ3n) is 4.38. The van der Waals surface area contributed by atoms with Gasteiger partial charge in [0.1, 0.15) is 5.58 Å². The molecular formula is C20H31N3O2. The number of nitrogens with zero attached hydrogens (tertiary/aromatic N) is 2. The highest BCUT2D eigenvalue weighted by atomic mass is 16.3. The van der Waals surface area contributed by atoms with E-state index in [4.69, 9.17) is 4.42 Å². The van der Waals surface area contributed by atoms with Crippen LogP contribution in [0.1, 0.15) is 42.5 Å². The molecule has 1 aromatic carbocycles. The third-order valence-corrected chi connectivity index (χ3v) is 4.38. The molecule has 0 unspecified atom stereocenters. The molecule has 0 spiro atoms. The van der Waals surface area contributed by atoms with Crippen molar-refractivity contribution in [2.24, 2.45) is 0 Å². The molecule has 3 rings (SSSR count). The quantitative estimate of drug-likeness (QED) is 0.925. The molecule has 1 aliphatic rings. The molecule has 1 aromatic heterocycles. The van der Waals surface area contributed by atoms with Crippen molar-refractivity contribution in [2.75, 3.05) is 40.3 Å². The number of furan rings is 1. The highest BCUT2D eigenvalue weighted by Crippen LogP contribution is 2.27. The van der Waals surface area contributed by atoms with Gasteiger partial charge in [-0.3, -0.25) is 9.69 Å². The number of fused-ring (bicyclic) bond motifs is 1. The molecule has 0 atom stereocenters. The summed E-state index contributed by atoms with van der Waals surface area (Å²) >= 11 is 0. The van der Waals surface area contributed by atoms with Crippen LogP contribution < -0.4 is 5.32 Å². The summed E-state index contributed by atoms with van der Waals surface area (Å²) < 4.78 is 5.93. The smallest absolute Gasteiger partial charge is 0.289 e. The molecule has 0 radical (unpaired) electrons. The van der Waals surface area contributed by atoms with Gasteiger partial charge in [0, 0.05) is 57.8 Å². The monoisotopic (exact) mass is 345 g/mol. The molecule has 0 saturated carbocycles. The third kappa shape index (κ3) is 4.61. The predicted molar refractivity (Wildman–Crippen MR) is 103 cm³/mol. The van der Waals surface area contributed by atoms with Crippen LogP contribution in [0.4, 0.5) is 0 Å². The van der Waals surface area contributed by atoms with Gasteiger partial charge in [-0.25, -0.2) is 0 Å². The minimum Gasteiger partial charge on any atom is -0.451 e. The van der Waals surface area contributed by atoms with Crippen molar-refractivity contribution in [1.82, 2.24) is 15.1 Å². The summed E-state index contributed by atoms with van der Waals surface area (Å²) in [6.45, 7) is 11.2. The maximum atomic E-state index is 12.2. The van der Waals surface area contributed by atoms with Crippen molar-refractivity contribution in [1.29, 1.82) is 0 Å². The number of hydrogen-bond donors (Lipinski definition) is 1. The van der Waals surface area contributed by atoms with Crippen LogP contribution in [0.2, 0.25) is 0 Å². The molecule has 0 bridgehead atoms. The summed E-state index contributed by atoms with van der Waals surface area (Å²) in [4.78, 5) is 16.2. The first-order valence-electron chi connectivity index (χ1n) is 9.28. The number of amides is 1. The molecule has 0 aliphatic carbocycles. The molecule has 25 heavy (non-hydrogen) atoms. The average Bonchev–Trinajstić information content (AvgIpc) is 3.07. The van der Waals surface area contributed by atoms with Gasteiger partial charge in [-0.2, -0.15) is 0 Å². The lowest BCUT2D eigenvalue weighted by Gasteiger charge is -2.27. The largest absolute Gasteiger partial charge is 0.451 e. The number of nitrogens with one attached hydrogen (secondary N) is 1. The van der Waals surface area contributed by atoms with Gasteiger partial charge in [0.05, 0.1) is 0 Å². The van der Waals surface area contributed by atoms with Crippen LogP contribution in [0.3, 0.4) is 0 Å². The van der Waals surface area contributed by atoms with E-state index in [1.54, 1.807) is 19.0 Å². The van der Waals surface area contributed by atoms with Gasteiger partial charge in [-0.15, -0.1) is 0 Å². The zero-order valence-electron chi connectivity index (χ0n) is 16.2. The number of benzene rings is 1. The van der Waals surface area contributed by atoms with Crippen molar-refractivity contribution in [3.63, 3.8) is 0 Å². The lowest BCUT2D eigenvalue weighted by atomic mass is 10.0. The summed E-state index contributed by atoms with van der Waals surface area (Å²) in [5, 5.41) is 4.40. The Morgan fingerprint density at radius 1 is 1.20 bits per heavy atom. The topological polar surface area (TPSA) is 48.7 Å². The standard InChI is InChI=1S/C18H25N3O2.C2H6/c1-4-13-9-14-11-16(18(22)20(2)3)23-17(14)15(10-13)12-21-7-5-19-6-8-21;1-2/h9-11,19H,4-8,12H2,1-3H3;1-2H3. The van der Waals surface area contributed by atoms with Gasteiger partial charge in [-0.05, 0) is 24.1 Å². The van der Waals surface area contributed by atoms with Crippen LogP contribution in [-0.4, -0.2) is 56.0 Å². The molecule has 1 amide bonds. The fourth-order valence-electron chi connectivity index (χ4n) is 3.05. The van der Waals surface area contributed by atoms with Crippen molar-refractivity contribution in [3.8, 4) is 0 Å². The first-order chi connectivity index (χ1) is 12.1. The number of rotatable bonds is 4. The second-order valence-corrected chi connectivity index (χ2v) is 6.36. The van der Waals surface area contributed by atoms with Crippen molar-refractivity contribution >= 4 is 16.9 Å². The molecule has 138 valence electrons. The molecule has 1 aliphatic heterocycles. The lowest BCUT2D eigenvalue weighted by molar-refractivity contribution is 0.0799. The highest BCUT2D eigenvalue weighted by molar-refractivity contribution is 5.96. The Labute approximate surface area is 151 Å². The highest BCUT2D eigenvalue weighted by Gasteiger charge is 2.18. The van der Waals surface area contributed by atoms with Gasteiger partial charge in [0.15, 0.2) is 5.76 Å². The second kappa shape index (κ2) is 9.02. The molecule has 1 N–H and O–H groups in total. The Kier molecular flexibility index (Phi) is 7.02. The van der Waals surface area contributed by atoms with E-state index in [0.717, 1.165) is 50.1 Å². The van der Waals surface area contributed by atoms with Gasteiger partial charge in [-0.1, -0.05) is 26.8 Å². The van der Waals surface area contributed by atoms with Crippen molar-refractivity contribution in [3.05, 3.63) is 35.1 Å². The predicted octanol–water partition coefficient (Wildman–Crippen LogP) is 3.13. The van der Waals surface area contributed by atoms with Crippen LogP contribution in [0.25, 0.3) is 11.0 Å². The zero-order chi connectivity index (χ0) is 18.4. The maximum Gasteiger partial charge on any atom is 0.289 e. The summed E-state index contributed by atoms with van der Waals surface area (Å²) in [5.74, 6) is 0.326. The zero-order valence-corrected chi connectivity index (χ0v) is 16.2. The average molecular weight is 345 g/mol. The summed E-state index contributed by atoms with van der Waals surface area (Å²) in [7, 11) is 3.49. The van der Waals surface area contributed by atoms with E-state index in [-0.39, 0.29) is 5.91 Å². The van der Waals surface area contributed by atoms with E-state index >= 15 is 0 Å². The van der Waals surface area contributed by atoms with Crippen molar-refractivity contribution in [2.45, 2.75) is 33.7 Å². The molecule has 1 saturated heterocycles. The van der Waals surface area contributed by atoms with Gasteiger partial charge >= 0.3 is 0 Å². The van der Waals surface area contributed by atoms with E-state index in [1.807, 2.05) is 19.9 Å². The molecule has 2 aromatic rings. The number of hydrogen-bond acceptors (Lipinski definition) is 4. The van der Waals surface area contributed by atoms with E-state index in [2.05, 4.69) is 29.3 Å². The lowest BCUT2D eigenvalue weighted by Crippen LogP contribution is -2.42. The molecule has 5 nitrogen and oxygen atoms in total. The Bertz CT molecular complexity index is 700. The van der Waals surface area contributed by atoms with Crippen LogP contribution in [0, 0.1) is 0 Å². The fraction of sp³-hybridized carbons (Fsp3) is 0.550. The van der Waals surface area contributed by atoms with E-state index in [9.17, 15) is 4.79 Å². The molecular weight excluding hydrogens is 314 g/mol. The van der Waals surface area contributed by atoms with E-state index in [0.29, 0.717) is 5.76 Å². The first-order valence-corrected chi connectivity index (χ1v) is 9.28. The minimum atomic E-state index is -0.0904. The van der Waals surface area contributed by atoms with Crippen LogP contribution in [0.5, 0.6) is 0 Å².